The summed E-state index contributed by atoms with van der Waals surface area (Å²) < 4.78 is 25.5. The molecule has 27 heavy (non-hydrogen) atoms. The Morgan fingerprint density at radius 2 is 1.78 bits per heavy atom. The third-order valence-corrected chi connectivity index (χ3v) is 7.34. The van der Waals surface area contributed by atoms with E-state index in [9.17, 15) is 13.2 Å². The minimum atomic E-state index is -3.53. The van der Waals surface area contributed by atoms with E-state index in [2.05, 4.69) is 5.32 Å². The van der Waals surface area contributed by atoms with E-state index in [1.807, 2.05) is 31.7 Å². The SMILES string of the molecule is Cc1cc(C)cc(N(CC(=O)NCCCSC2CCCCC2)S(C)(=O)=O)c1. The number of rotatable bonds is 9. The highest BCUT2D eigenvalue weighted by atomic mass is 32.2. The molecule has 1 saturated carbocycles. The van der Waals surface area contributed by atoms with Crippen molar-refractivity contribution in [2.45, 2.75) is 57.6 Å². The Balaban J connectivity index is 1.81. The molecule has 0 heterocycles. The average Bonchev–Trinajstić information content (AvgIpc) is 2.58. The number of aryl methyl sites for hydroxylation is 2. The van der Waals surface area contributed by atoms with E-state index in [4.69, 9.17) is 0 Å². The molecule has 7 heteroatoms. The first-order valence-electron chi connectivity index (χ1n) is 9.70. The summed E-state index contributed by atoms with van der Waals surface area (Å²) in [6.07, 6.45) is 8.73. The van der Waals surface area contributed by atoms with Crippen LogP contribution < -0.4 is 9.62 Å². The first-order chi connectivity index (χ1) is 12.8. The highest BCUT2D eigenvalue weighted by Crippen LogP contribution is 2.28. The number of benzene rings is 1. The molecular weight excluding hydrogens is 380 g/mol. The van der Waals surface area contributed by atoms with Gasteiger partial charge in [-0.3, -0.25) is 9.10 Å². The van der Waals surface area contributed by atoms with Crippen molar-refractivity contribution >= 4 is 33.4 Å². The number of thioether (sulfide) groups is 1. The Morgan fingerprint density at radius 1 is 1.15 bits per heavy atom. The third kappa shape index (κ3) is 7.74. The first-order valence-corrected chi connectivity index (χ1v) is 12.6. The van der Waals surface area contributed by atoms with E-state index in [1.54, 1.807) is 12.1 Å². The minimum absolute atomic E-state index is 0.183. The summed E-state index contributed by atoms with van der Waals surface area (Å²) in [6, 6.07) is 5.57. The molecule has 1 aromatic carbocycles. The number of amides is 1. The van der Waals surface area contributed by atoms with Crippen LogP contribution in [0.5, 0.6) is 0 Å². The van der Waals surface area contributed by atoms with E-state index in [0.29, 0.717) is 12.2 Å². The van der Waals surface area contributed by atoms with Crippen LogP contribution in [0.2, 0.25) is 0 Å². The van der Waals surface area contributed by atoms with Gasteiger partial charge in [0.1, 0.15) is 6.54 Å². The van der Waals surface area contributed by atoms with Crippen LogP contribution in [0, 0.1) is 13.8 Å². The molecule has 1 aliphatic rings. The van der Waals surface area contributed by atoms with Crippen LogP contribution in [0.3, 0.4) is 0 Å². The van der Waals surface area contributed by atoms with Crippen molar-refractivity contribution < 1.29 is 13.2 Å². The Morgan fingerprint density at radius 3 is 2.37 bits per heavy atom. The molecule has 5 nitrogen and oxygen atoms in total. The summed E-state index contributed by atoms with van der Waals surface area (Å²) in [7, 11) is -3.53. The van der Waals surface area contributed by atoms with Crippen molar-refractivity contribution in [1.29, 1.82) is 0 Å². The van der Waals surface area contributed by atoms with Crippen molar-refractivity contribution in [2.24, 2.45) is 0 Å². The second-order valence-electron chi connectivity index (χ2n) is 7.45. The van der Waals surface area contributed by atoms with Crippen molar-refractivity contribution in [3.05, 3.63) is 29.3 Å². The topological polar surface area (TPSA) is 66.5 Å². The molecule has 0 saturated heterocycles. The maximum Gasteiger partial charge on any atom is 0.240 e. The molecule has 0 spiro atoms. The average molecular weight is 413 g/mol. The van der Waals surface area contributed by atoms with Gasteiger partial charge in [-0.05, 0) is 62.1 Å². The number of carbonyl (C=O) groups is 1. The normalized spacial score (nSPS) is 15.5. The second kappa shape index (κ2) is 10.4. The number of hydrogen-bond acceptors (Lipinski definition) is 4. The molecule has 1 aliphatic carbocycles. The molecule has 0 atom stereocenters. The summed E-state index contributed by atoms with van der Waals surface area (Å²) in [5, 5.41) is 3.64. The summed E-state index contributed by atoms with van der Waals surface area (Å²) >= 11 is 2.01. The Kier molecular flexibility index (Phi) is 8.48. The van der Waals surface area contributed by atoms with Crippen molar-refractivity contribution in [3.63, 3.8) is 0 Å². The predicted octanol–water partition coefficient (Wildman–Crippen LogP) is 3.64. The lowest BCUT2D eigenvalue weighted by atomic mass is 10.0. The van der Waals surface area contributed by atoms with Crippen LogP contribution in [0.15, 0.2) is 18.2 Å². The predicted molar refractivity (Wildman–Crippen MR) is 115 cm³/mol. The maximum atomic E-state index is 12.3. The van der Waals surface area contributed by atoms with E-state index in [1.165, 1.54) is 36.4 Å². The number of anilines is 1. The van der Waals surface area contributed by atoms with Gasteiger partial charge in [-0.25, -0.2) is 8.42 Å². The van der Waals surface area contributed by atoms with Gasteiger partial charge in [0.05, 0.1) is 11.9 Å². The first kappa shape index (κ1) is 22.1. The number of hydrogen-bond donors (Lipinski definition) is 1. The lowest BCUT2D eigenvalue weighted by molar-refractivity contribution is -0.119. The quantitative estimate of drug-likeness (QED) is 0.629. The van der Waals surface area contributed by atoms with Crippen LogP contribution >= 0.6 is 11.8 Å². The summed E-state index contributed by atoms with van der Waals surface area (Å²) in [5.74, 6) is 0.778. The zero-order chi connectivity index (χ0) is 19.9. The smallest absolute Gasteiger partial charge is 0.240 e. The monoisotopic (exact) mass is 412 g/mol. The van der Waals surface area contributed by atoms with E-state index < -0.39 is 10.0 Å². The number of carbonyl (C=O) groups excluding carboxylic acids is 1. The van der Waals surface area contributed by atoms with Gasteiger partial charge in [-0.15, -0.1) is 0 Å². The maximum absolute atomic E-state index is 12.3. The number of nitrogens with zero attached hydrogens (tertiary/aromatic N) is 1. The van der Waals surface area contributed by atoms with Crippen LogP contribution in [0.4, 0.5) is 5.69 Å². The molecule has 2 rings (SSSR count). The lowest BCUT2D eigenvalue weighted by Crippen LogP contribution is -2.40. The van der Waals surface area contributed by atoms with Crippen LogP contribution in [0.25, 0.3) is 0 Å². The van der Waals surface area contributed by atoms with Gasteiger partial charge in [-0.1, -0.05) is 25.3 Å². The van der Waals surface area contributed by atoms with Crippen molar-refractivity contribution in [3.8, 4) is 0 Å². The van der Waals surface area contributed by atoms with Gasteiger partial charge in [0.15, 0.2) is 0 Å². The Hall–Kier alpha value is -1.21. The molecule has 152 valence electrons. The van der Waals surface area contributed by atoms with Crippen molar-refractivity contribution in [1.82, 2.24) is 5.32 Å². The molecular formula is C20H32N2O3S2. The standard InChI is InChI=1S/C20H32N2O3S2/c1-16-12-17(2)14-18(13-16)22(27(3,24)25)15-20(23)21-10-7-11-26-19-8-5-4-6-9-19/h12-14,19H,4-11,15H2,1-3H3,(H,21,23). The molecule has 0 unspecified atom stereocenters. The molecule has 1 aromatic rings. The fourth-order valence-corrected chi connectivity index (χ4v) is 5.61. The Labute approximate surface area is 168 Å². The van der Waals surface area contributed by atoms with Gasteiger partial charge in [0.25, 0.3) is 0 Å². The number of nitrogens with one attached hydrogen (secondary N) is 1. The van der Waals surface area contributed by atoms with E-state index in [0.717, 1.165) is 34.8 Å². The fourth-order valence-electron chi connectivity index (χ4n) is 3.46. The zero-order valence-corrected chi connectivity index (χ0v) is 18.3. The molecule has 0 radical (unpaired) electrons. The van der Waals surface area contributed by atoms with Gasteiger partial charge < -0.3 is 5.32 Å². The molecule has 1 amide bonds. The second-order valence-corrected chi connectivity index (χ2v) is 10.8. The highest BCUT2D eigenvalue weighted by Gasteiger charge is 2.21. The summed E-state index contributed by atoms with van der Waals surface area (Å²) in [4.78, 5) is 12.3. The lowest BCUT2D eigenvalue weighted by Gasteiger charge is -2.23. The zero-order valence-electron chi connectivity index (χ0n) is 16.7. The van der Waals surface area contributed by atoms with E-state index in [-0.39, 0.29) is 12.5 Å². The van der Waals surface area contributed by atoms with Crippen LogP contribution in [-0.2, 0) is 14.8 Å². The van der Waals surface area contributed by atoms with E-state index >= 15 is 0 Å². The van der Waals surface area contributed by atoms with Crippen LogP contribution in [-0.4, -0.2) is 44.7 Å². The molecule has 0 bridgehead atoms. The number of sulfonamides is 1. The molecule has 1 N–H and O–H groups in total. The third-order valence-electron chi connectivity index (χ3n) is 4.73. The molecule has 0 aromatic heterocycles. The largest absolute Gasteiger partial charge is 0.354 e. The molecule has 0 aliphatic heterocycles. The Bertz CT molecular complexity index is 708. The van der Waals surface area contributed by atoms with Gasteiger partial charge >= 0.3 is 0 Å². The van der Waals surface area contributed by atoms with Gasteiger partial charge in [0.2, 0.25) is 15.9 Å². The van der Waals surface area contributed by atoms with Gasteiger partial charge in [-0.2, -0.15) is 11.8 Å². The van der Waals surface area contributed by atoms with Crippen molar-refractivity contribution in [2.75, 3.05) is 29.4 Å². The van der Waals surface area contributed by atoms with Crippen LogP contribution in [0.1, 0.15) is 49.7 Å². The van der Waals surface area contributed by atoms with Gasteiger partial charge in [0, 0.05) is 11.8 Å². The molecule has 1 fully saturated rings. The summed E-state index contributed by atoms with van der Waals surface area (Å²) in [5.41, 5.74) is 2.48. The summed E-state index contributed by atoms with van der Waals surface area (Å²) in [6.45, 7) is 4.24. The minimum Gasteiger partial charge on any atom is -0.354 e. The highest BCUT2D eigenvalue weighted by molar-refractivity contribution is 7.99. The fraction of sp³-hybridized carbons (Fsp3) is 0.650.